The molecule has 1 aromatic carbocycles. The van der Waals surface area contributed by atoms with Gasteiger partial charge in [0.05, 0.1) is 0 Å². The third-order valence-corrected chi connectivity index (χ3v) is 4.84. The highest BCUT2D eigenvalue weighted by atomic mass is 14.9. The third-order valence-electron chi connectivity index (χ3n) is 4.84. The van der Waals surface area contributed by atoms with Crippen molar-refractivity contribution in [2.75, 3.05) is 6.54 Å². The molecule has 0 saturated carbocycles. The molecule has 106 valence electrons. The Bertz CT molecular complexity index is 396. The van der Waals surface area contributed by atoms with Gasteiger partial charge in [-0.3, -0.25) is 0 Å². The van der Waals surface area contributed by atoms with Crippen molar-refractivity contribution >= 4 is 0 Å². The first-order valence-corrected chi connectivity index (χ1v) is 7.94. The van der Waals surface area contributed by atoms with Crippen LogP contribution in [0.4, 0.5) is 0 Å². The lowest BCUT2D eigenvalue weighted by Crippen LogP contribution is -2.40. The average Bonchev–Trinajstić information content (AvgIpc) is 2.38. The fourth-order valence-electron chi connectivity index (χ4n) is 3.16. The Morgan fingerprint density at radius 3 is 2.58 bits per heavy atom. The van der Waals surface area contributed by atoms with Gasteiger partial charge in [0.25, 0.3) is 0 Å². The van der Waals surface area contributed by atoms with Crippen molar-refractivity contribution in [2.45, 2.75) is 58.9 Å². The Morgan fingerprint density at radius 2 is 1.95 bits per heavy atom. The summed E-state index contributed by atoms with van der Waals surface area (Å²) in [5.41, 5.74) is 3.17. The van der Waals surface area contributed by atoms with E-state index in [9.17, 15) is 0 Å². The Kier molecular flexibility index (Phi) is 5.04. The summed E-state index contributed by atoms with van der Waals surface area (Å²) in [7, 11) is 0. The summed E-state index contributed by atoms with van der Waals surface area (Å²) in [6, 6.07) is 9.62. The first-order chi connectivity index (χ1) is 9.13. The van der Waals surface area contributed by atoms with Crippen LogP contribution in [0.5, 0.6) is 0 Å². The molecule has 0 amide bonds. The van der Waals surface area contributed by atoms with Gasteiger partial charge in [0.2, 0.25) is 0 Å². The lowest BCUT2D eigenvalue weighted by molar-refractivity contribution is 0.266. The molecule has 0 spiro atoms. The summed E-state index contributed by atoms with van der Waals surface area (Å²) in [4.78, 5) is 0. The van der Waals surface area contributed by atoms with Gasteiger partial charge in [-0.1, -0.05) is 52.0 Å². The fourth-order valence-corrected chi connectivity index (χ4v) is 3.16. The zero-order valence-electron chi connectivity index (χ0n) is 12.9. The lowest BCUT2D eigenvalue weighted by Gasteiger charge is -2.36. The van der Waals surface area contributed by atoms with E-state index in [1.165, 1.54) is 19.3 Å². The van der Waals surface area contributed by atoms with Gasteiger partial charge in [-0.25, -0.2) is 0 Å². The molecule has 1 aliphatic carbocycles. The average molecular weight is 259 g/mol. The number of hydrogen-bond acceptors (Lipinski definition) is 1. The monoisotopic (exact) mass is 259 g/mol. The van der Waals surface area contributed by atoms with Gasteiger partial charge in [0, 0.05) is 6.04 Å². The summed E-state index contributed by atoms with van der Waals surface area (Å²) >= 11 is 0. The van der Waals surface area contributed by atoms with Crippen LogP contribution in [0.1, 0.15) is 57.6 Å². The van der Waals surface area contributed by atoms with Crippen molar-refractivity contribution in [3.63, 3.8) is 0 Å². The Balaban J connectivity index is 1.97. The van der Waals surface area contributed by atoms with Crippen LogP contribution >= 0.6 is 0 Å². The number of fused-ring (bicyclic) bond motifs is 1. The van der Waals surface area contributed by atoms with Gasteiger partial charge in [-0.2, -0.15) is 0 Å². The second-order valence-electron chi connectivity index (χ2n) is 6.50. The molecule has 3 unspecified atom stereocenters. The quantitative estimate of drug-likeness (QED) is 0.766. The molecule has 0 bridgehead atoms. The summed E-state index contributed by atoms with van der Waals surface area (Å²) in [6.45, 7) is 10.5. The molecule has 0 fully saturated rings. The first kappa shape index (κ1) is 14.6. The molecule has 1 aromatic rings. The van der Waals surface area contributed by atoms with Crippen LogP contribution in [-0.4, -0.2) is 12.6 Å². The van der Waals surface area contributed by atoms with E-state index in [2.05, 4.69) is 57.3 Å². The maximum Gasteiger partial charge on any atom is 0.0101 e. The van der Waals surface area contributed by atoms with Crippen molar-refractivity contribution in [3.05, 3.63) is 35.4 Å². The van der Waals surface area contributed by atoms with Gasteiger partial charge >= 0.3 is 0 Å². The predicted molar refractivity (Wildman–Crippen MR) is 83.6 cm³/mol. The number of rotatable bonds is 7. The van der Waals surface area contributed by atoms with E-state index in [1.54, 1.807) is 11.1 Å². The summed E-state index contributed by atoms with van der Waals surface area (Å²) in [6.07, 6.45) is 3.81. The van der Waals surface area contributed by atoms with Crippen molar-refractivity contribution < 1.29 is 0 Å². The highest BCUT2D eigenvalue weighted by Gasteiger charge is 2.30. The van der Waals surface area contributed by atoms with Crippen molar-refractivity contribution in [1.82, 2.24) is 5.32 Å². The molecule has 19 heavy (non-hydrogen) atoms. The van der Waals surface area contributed by atoms with Crippen LogP contribution in [0.3, 0.4) is 0 Å². The van der Waals surface area contributed by atoms with E-state index < -0.39 is 0 Å². The maximum atomic E-state index is 3.78. The smallest absolute Gasteiger partial charge is 0.0101 e. The molecule has 2 rings (SSSR count). The molecule has 0 saturated heterocycles. The van der Waals surface area contributed by atoms with Gasteiger partial charge in [-0.15, -0.1) is 0 Å². The molecule has 0 heterocycles. The van der Waals surface area contributed by atoms with Gasteiger partial charge < -0.3 is 5.32 Å². The second kappa shape index (κ2) is 6.56. The number of hydrogen-bond donors (Lipinski definition) is 1. The van der Waals surface area contributed by atoms with Gasteiger partial charge in [-0.05, 0) is 54.7 Å². The minimum Gasteiger partial charge on any atom is -0.314 e. The summed E-state index contributed by atoms with van der Waals surface area (Å²) in [5, 5.41) is 3.78. The SMILES string of the molecule is CCCNC(CC1Cc2ccccc21)C(C)C(C)C. The van der Waals surface area contributed by atoms with Crippen LogP contribution in [0.25, 0.3) is 0 Å². The minimum absolute atomic E-state index is 0.665. The molecule has 0 radical (unpaired) electrons. The van der Waals surface area contributed by atoms with Gasteiger partial charge in [0.1, 0.15) is 0 Å². The molecule has 3 atom stereocenters. The first-order valence-electron chi connectivity index (χ1n) is 7.94. The molecule has 1 nitrogen and oxygen atoms in total. The molecular formula is C18H29N. The van der Waals surface area contributed by atoms with Crippen LogP contribution in [0.15, 0.2) is 24.3 Å². The minimum atomic E-state index is 0.665. The number of nitrogens with one attached hydrogen (secondary N) is 1. The zero-order valence-corrected chi connectivity index (χ0v) is 12.9. The van der Waals surface area contributed by atoms with Crippen molar-refractivity contribution in [1.29, 1.82) is 0 Å². The highest BCUT2D eigenvalue weighted by Crippen LogP contribution is 2.39. The van der Waals surface area contributed by atoms with Crippen LogP contribution in [-0.2, 0) is 6.42 Å². The van der Waals surface area contributed by atoms with E-state index in [0.29, 0.717) is 6.04 Å². The van der Waals surface area contributed by atoms with Crippen LogP contribution < -0.4 is 5.32 Å². The Labute approximate surface area is 118 Å². The van der Waals surface area contributed by atoms with E-state index in [4.69, 9.17) is 0 Å². The molecule has 1 heteroatoms. The molecule has 0 aromatic heterocycles. The Morgan fingerprint density at radius 1 is 1.21 bits per heavy atom. The number of benzene rings is 1. The van der Waals surface area contributed by atoms with Crippen molar-refractivity contribution in [2.24, 2.45) is 11.8 Å². The van der Waals surface area contributed by atoms with E-state index in [-0.39, 0.29) is 0 Å². The molecule has 1 aliphatic rings. The molecule has 1 N–H and O–H groups in total. The van der Waals surface area contributed by atoms with Crippen molar-refractivity contribution in [3.8, 4) is 0 Å². The van der Waals surface area contributed by atoms with E-state index >= 15 is 0 Å². The molecule has 0 aliphatic heterocycles. The van der Waals surface area contributed by atoms with E-state index in [0.717, 1.165) is 24.3 Å². The Hall–Kier alpha value is -0.820. The van der Waals surface area contributed by atoms with Crippen LogP contribution in [0.2, 0.25) is 0 Å². The lowest BCUT2D eigenvalue weighted by atomic mass is 9.72. The standard InChI is InChI=1S/C18H29N/c1-5-10-19-18(14(4)13(2)3)12-16-11-15-8-6-7-9-17(15)16/h6-9,13-14,16,18-19H,5,10-12H2,1-4H3. The largest absolute Gasteiger partial charge is 0.314 e. The molecular weight excluding hydrogens is 230 g/mol. The summed E-state index contributed by atoms with van der Waals surface area (Å²) < 4.78 is 0. The summed E-state index contributed by atoms with van der Waals surface area (Å²) in [5.74, 6) is 2.29. The van der Waals surface area contributed by atoms with Gasteiger partial charge in [0.15, 0.2) is 0 Å². The second-order valence-corrected chi connectivity index (χ2v) is 6.50. The predicted octanol–water partition coefficient (Wildman–Crippen LogP) is 4.38. The third kappa shape index (κ3) is 3.39. The zero-order chi connectivity index (χ0) is 13.8. The van der Waals surface area contributed by atoms with Crippen LogP contribution in [0, 0.1) is 11.8 Å². The fraction of sp³-hybridized carbons (Fsp3) is 0.667. The van der Waals surface area contributed by atoms with E-state index in [1.807, 2.05) is 0 Å². The highest BCUT2D eigenvalue weighted by molar-refractivity contribution is 5.39. The topological polar surface area (TPSA) is 12.0 Å². The maximum absolute atomic E-state index is 3.78. The normalized spacial score (nSPS) is 20.8.